The maximum atomic E-state index is 13.6. The van der Waals surface area contributed by atoms with Gasteiger partial charge in [0.15, 0.2) is 0 Å². The number of hydrogen-bond acceptors (Lipinski definition) is 5. The molecule has 1 aliphatic heterocycles. The first-order valence-corrected chi connectivity index (χ1v) is 13.5. The molecule has 0 bridgehead atoms. The number of anilines is 2. The summed E-state index contributed by atoms with van der Waals surface area (Å²) in [6.45, 7) is 3.97. The minimum absolute atomic E-state index is 0.220. The number of allylic oxidation sites excluding steroid dienone is 1. The molecule has 0 saturated heterocycles. The van der Waals surface area contributed by atoms with Crippen LogP contribution in [0.4, 0.5) is 11.6 Å². The molecule has 1 amide bonds. The van der Waals surface area contributed by atoms with Gasteiger partial charge in [0, 0.05) is 26.6 Å². The van der Waals surface area contributed by atoms with Crippen LogP contribution >= 0.6 is 39.3 Å². The van der Waals surface area contributed by atoms with Crippen molar-refractivity contribution in [1.82, 2.24) is 14.8 Å². The predicted octanol–water partition coefficient (Wildman–Crippen LogP) is 7.22. The molecule has 0 spiro atoms. The first-order chi connectivity index (χ1) is 17.4. The molecule has 1 aliphatic rings. The van der Waals surface area contributed by atoms with E-state index in [9.17, 15) is 4.79 Å². The van der Waals surface area contributed by atoms with E-state index in [4.69, 9.17) is 21.7 Å². The van der Waals surface area contributed by atoms with Crippen molar-refractivity contribution in [3.8, 4) is 0 Å². The van der Waals surface area contributed by atoms with Gasteiger partial charge >= 0.3 is 0 Å². The monoisotopic (exact) mass is 579 g/mol. The molecule has 2 heterocycles. The lowest BCUT2D eigenvalue weighted by atomic mass is 9.95. The van der Waals surface area contributed by atoms with Crippen LogP contribution in [0.1, 0.15) is 29.7 Å². The smallest absolute Gasteiger partial charge is 0.255 e. The quantitative estimate of drug-likeness (QED) is 0.236. The highest BCUT2D eigenvalue weighted by atomic mass is 79.9. The molecule has 1 atom stereocenters. The van der Waals surface area contributed by atoms with Crippen LogP contribution in [0.3, 0.4) is 0 Å². The van der Waals surface area contributed by atoms with Gasteiger partial charge in [-0.15, -0.1) is 5.10 Å². The average Bonchev–Trinajstić information content (AvgIpc) is 3.25. The topological polar surface area (TPSA) is 71.8 Å². The van der Waals surface area contributed by atoms with Crippen LogP contribution in [0.25, 0.3) is 0 Å². The number of fused-ring (bicyclic) bond motifs is 1. The second kappa shape index (κ2) is 10.5. The van der Waals surface area contributed by atoms with Gasteiger partial charge in [0.1, 0.15) is 6.04 Å². The van der Waals surface area contributed by atoms with Gasteiger partial charge in [-0.25, -0.2) is 4.68 Å². The molecular formula is C27H23BrClN5OS. The maximum Gasteiger partial charge on any atom is 0.255 e. The molecule has 6 nitrogen and oxygen atoms in total. The van der Waals surface area contributed by atoms with E-state index < -0.39 is 6.04 Å². The first-order valence-electron chi connectivity index (χ1n) is 11.3. The van der Waals surface area contributed by atoms with Gasteiger partial charge in [-0.05, 0) is 61.4 Å². The Hall–Kier alpha value is -3.07. The molecule has 0 unspecified atom stereocenters. The summed E-state index contributed by atoms with van der Waals surface area (Å²) >= 11 is 11.1. The fraction of sp³-hybridized carbons (Fsp3) is 0.148. The highest BCUT2D eigenvalue weighted by Crippen LogP contribution is 2.37. The number of nitrogens with zero attached hydrogens (tertiary/aromatic N) is 3. The summed E-state index contributed by atoms with van der Waals surface area (Å²) in [6, 6.07) is 22.9. The highest BCUT2D eigenvalue weighted by Gasteiger charge is 2.34. The third-order valence-electron chi connectivity index (χ3n) is 5.79. The van der Waals surface area contributed by atoms with Gasteiger partial charge in [0.25, 0.3) is 5.91 Å². The lowest BCUT2D eigenvalue weighted by Gasteiger charge is -2.28. The van der Waals surface area contributed by atoms with E-state index in [2.05, 4.69) is 57.8 Å². The minimum Gasteiger partial charge on any atom is -0.328 e. The van der Waals surface area contributed by atoms with Crippen LogP contribution in [-0.4, -0.2) is 20.7 Å². The standard InChI is InChI=1S/C27H23BrClN5OS/c1-16-5-3-6-18(13-16)15-36-27-32-26-30-17(2)23(25(35)31-22-11-9-21(29)10-12-22)24(34(26)33-27)19-7-4-8-20(28)14-19/h3-14,24H,15H2,1-2H3,(H,31,35)(H,30,32,33)/t24-/m1/s1. The van der Waals surface area contributed by atoms with Crippen LogP contribution in [-0.2, 0) is 10.5 Å². The second-order valence-corrected chi connectivity index (χ2v) is 10.8. The molecule has 0 radical (unpaired) electrons. The van der Waals surface area contributed by atoms with E-state index in [1.54, 1.807) is 40.7 Å². The molecule has 182 valence electrons. The SMILES string of the molecule is CC1=C(C(=O)Nc2ccc(Cl)cc2)[C@@H](c2cccc(Br)c2)n2nc(SCc3cccc(C)c3)nc2N1. The Bertz CT molecular complexity index is 1470. The third-order valence-corrected chi connectivity index (χ3v) is 7.45. The number of amides is 1. The summed E-state index contributed by atoms with van der Waals surface area (Å²) in [7, 11) is 0. The van der Waals surface area contributed by atoms with Crippen LogP contribution in [0, 0.1) is 6.92 Å². The Morgan fingerprint density at radius 2 is 1.89 bits per heavy atom. The number of aromatic nitrogens is 3. The van der Waals surface area contributed by atoms with Crippen molar-refractivity contribution in [2.24, 2.45) is 0 Å². The summed E-state index contributed by atoms with van der Waals surface area (Å²) < 4.78 is 2.72. The van der Waals surface area contributed by atoms with Crippen LogP contribution in [0.2, 0.25) is 5.02 Å². The number of aryl methyl sites for hydroxylation is 1. The summed E-state index contributed by atoms with van der Waals surface area (Å²) in [5, 5.41) is 12.4. The van der Waals surface area contributed by atoms with Crippen molar-refractivity contribution in [1.29, 1.82) is 0 Å². The van der Waals surface area contributed by atoms with E-state index in [1.807, 2.05) is 31.2 Å². The second-order valence-electron chi connectivity index (χ2n) is 8.52. The zero-order valence-corrected chi connectivity index (χ0v) is 22.8. The molecule has 3 aromatic carbocycles. The third kappa shape index (κ3) is 5.36. The number of rotatable bonds is 6. The molecule has 9 heteroatoms. The van der Waals surface area contributed by atoms with Crippen LogP contribution in [0.15, 0.2) is 93.7 Å². The zero-order chi connectivity index (χ0) is 25.2. The number of nitrogens with one attached hydrogen (secondary N) is 2. The Morgan fingerprint density at radius 3 is 2.64 bits per heavy atom. The fourth-order valence-electron chi connectivity index (χ4n) is 4.15. The number of hydrogen-bond donors (Lipinski definition) is 2. The number of carbonyl (C=O) groups is 1. The molecule has 36 heavy (non-hydrogen) atoms. The predicted molar refractivity (Wildman–Crippen MR) is 149 cm³/mol. The van der Waals surface area contributed by atoms with Gasteiger partial charge in [0.05, 0.1) is 5.57 Å². The summed E-state index contributed by atoms with van der Waals surface area (Å²) in [4.78, 5) is 18.3. The molecule has 4 aromatic rings. The van der Waals surface area contributed by atoms with Gasteiger partial charge in [-0.1, -0.05) is 81.3 Å². The van der Waals surface area contributed by atoms with Crippen molar-refractivity contribution >= 4 is 56.8 Å². The Balaban J connectivity index is 1.48. The normalized spacial score (nSPS) is 14.8. The first kappa shape index (κ1) is 24.6. The van der Waals surface area contributed by atoms with E-state index >= 15 is 0 Å². The van der Waals surface area contributed by atoms with Gasteiger partial charge in [-0.2, -0.15) is 4.98 Å². The largest absolute Gasteiger partial charge is 0.328 e. The van der Waals surface area contributed by atoms with Crippen molar-refractivity contribution in [2.45, 2.75) is 30.8 Å². The number of benzene rings is 3. The summed E-state index contributed by atoms with van der Waals surface area (Å²) in [5.41, 5.74) is 5.31. The van der Waals surface area contributed by atoms with E-state index in [0.29, 0.717) is 27.4 Å². The highest BCUT2D eigenvalue weighted by molar-refractivity contribution is 9.10. The van der Waals surface area contributed by atoms with Crippen molar-refractivity contribution in [3.63, 3.8) is 0 Å². The van der Waals surface area contributed by atoms with Crippen LogP contribution < -0.4 is 10.6 Å². The molecule has 2 N–H and O–H groups in total. The number of thioether (sulfide) groups is 1. The van der Waals surface area contributed by atoms with E-state index in [1.165, 1.54) is 11.1 Å². The molecule has 1 aromatic heterocycles. The lowest BCUT2D eigenvalue weighted by molar-refractivity contribution is -0.113. The average molecular weight is 581 g/mol. The summed E-state index contributed by atoms with van der Waals surface area (Å²) in [5.74, 6) is 1.14. The fourth-order valence-corrected chi connectivity index (χ4v) is 5.47. The van der Waals surface area contributed by atoms with Crippen LogP contribution in [0.5, 0.6) is 0 Å². The number of halogens is 2. The zero-order valence-electron chi connectivity index (χ0n) is 19.6. The molecular weight excluding hydrogens is 558 g/mol. The Morgan fingerprint density at radius 1 is 1.11 bits per heavy atom. The Kier molecular flexibility index (Phi) is 7.18. The number of carbonyl (C=O) groups excluding carboxylic acids is 1. The van der Waals surface area contributed by atoms with Gasteiger partial charge in [-0.3, -0.25) is 4.79 Å². The van der Waals surface area contributed by atoms with Crippen molar-refractivity contribution < 1.29 is 4.79 Å². The Labute approximate surface area is 227 Å². The van der Waals surface area contributed by atoms with Gasteiger partial charge < -0.3 is 10.6 Å². The van der Waals surface area contributed by atoms with E-state index in [-0.39, 0.29) is 5.91 Å². The molecule has 0 saturated carbocycles. The molecule has 5 rings (SSSR count). The van der Waals surface area contributed by atoms with E-state index in [0.717, 1.165) is 21.5 Å². The lowest BCUT2D eigenvalue weighted by Crippen LogP contribution is -2.31. The van der Waals surface area contributed by atoms with Crippen molar-refractivity contribution in [3.05, 3.63) is 110 Å². The van der Waals surface area contributed by atoms with Crippen molar-refractivity contribution in [2.75, 3.05) is 10.6 Å². The maximum absolute atomic E-state index is 13.6. The van der Waals surface area contributed by atoms with Gasteiger partial charge in [0.2, 0.25) is 11.1 Å². The molecule has 0 fully saturated rings. The minimum atomic E-state index is -0.452. The summed E-state index contributed by atoms with van der Waals surface area (Å²) in [6.07, 6.45) is 0. The molecule has 0 aliphatic carbocycles.